The van der Waals surface area contributed by atoms with Crippen molar-refractivity contribution in [3.63, 3.8) is 0 Å². The second-order valence-corrected chi connectivity index (χ2v) is 19.9. The third-order valence-electron chi connectivity index (χ3n) is 10.3. The second kappa shape index (κ2) is 11.4. The molecule has 2 fully saturated rings. The lowest BCUT2D eigenvalue weighted by atomic mass is 10.0. The van der Waals surface area contributed by atoms with E-state index in [-0.39, 0.29) is 16.8 Å². The molecule has 3 aromatic heterocycles. The van der Waals surface area contributed by atoms with Gasteiger partial charge in [-0.25, -0.2) is 18.3 Å². The number of hydrogen-bond donors (Lipinski definition) is 0. The summed E-state index contributed by atoms with van der Waals surface area (Å²) in [6.07, 6.45) is 5.30. The van der Waals surface area contributed by atoms with Crippen molar-refractivity contribution in [2.45, 2.75) is 63.6 Å². The Morgan fingerprint density at radius 3 is 2.24 bits per heavy atom. The molecule has 250 valence electrons. The van der Waals surface area contributed by atoms with Gasteiger partial charge in [-0.2, -0.15) is 5.10 Å². The smallest absolute Gasteiger partial charge is 0.262 e. The summed E-state index contributed by atoms with van der Waals surface area (Å²) in [5.41, 5.74) is 0.424. The van der Waals surface area contributed by atoms with Crippen molar-refractivity contribution in [2.75, 3.05) is 11.4 Å². The topological polar surface area (TPSA) is 68.4 Å². The lowest BCUT2D eigenvalue weighted by molar-refractivity contribution is 0.0946. The summed E-state index contributed by atoms with van der Waals surface area (Å²) < 4.78 is 38.6. The molecule has 8 rings (SSSR count). The van der Waals surface area contributed by atoms with Crippen molar-refractivity contribution in [3.05, 3.63) is 120 Å². The van der Waals surface area contributed by atoms with E-state index in [1.54, 1.807) is 10.7 Å². The van der Waals surface area contributed by atoms with Gasteiger partial charge in [0.2, 0.25) is 0 Å². The van der Waals surface area contributed by atoms with Gasteiger partial charge in [0.1, 0.15) is 28.1 Å². The van der Waals surface area contributed by atoms with Crippen LogP contribution in [0.1, 0.15) is 58.0 Å². The SMILES string of the molecule is CC(C)(O[Si](c1ccccc1)(c1ccccc1)C(C)(C)C)c1nnc(-c2cnn3ccc(N4CCC5C[C@]54c4cc(F)ccc4F)nc23)s1. The fourth-order valence-corrected chi connectivity index (χ4v) is 13.7. The van der Waals surface area contributed by atoms with Gasteiger partial charge in [0.25, 0.3) is 8.32 Å². The molecule has 0 N–H and O–H groups in total. The van der Waals surface area contributed by atoms with E-state index in [1.165, 1.54) is 39.9 Å². The molecule has 3 aromatic carbocycles. The molecule has 11 heteroatoms. The van der Waals surface area contributed by atoms with E-state index >= 15 is 4.39 Å². The summed E-state index contributed by atoms with van der Waals surface area (Å²) in [4.78, 5) is 7.20. The first-order valence-corrected chi connectivity index (χ1v) is 19.4. The lowest BCUT2D eigenvalue weighted by Gasteiger charge is -2.47. The van der Waals surface area contributed by atoms with E-state index in [2.05, 4.69) is 98.2 Å². The molecule has 0 radical (unpaired) electrons. The molecule has 1 saturated heterocycles. The Hall–Kier alpha value is -4.32. The average molecular weight is 693 g/mol. The van der Waals surface area contributed by atoms with E-state index in [9.17, 15) is 4.39 Å². The summed E-state index contributed by atoms with van der Waals surface area (Å²) in [5, 5.41) is 17.6. The maximum absolute atomic E-state index is 15.1. The van der Waals surface area contributed by atoms with Gasteiger partial charge in [0.05, 0.1) is 17.3 Å². The number of hydrogen-bond acceptors (Lipinski definition) is 7. The van der Waals surface area contributed by atoms with Gasteiger partial charge in [-0.3, -0.25) is 0 Å². The molecule has 1 aliphatic carbocycles. The zero-order chi connectivity index (χ0) is 34.2. The van der Waals surface area contributed by atoms with E-state index in [1.807, 2.05) is 24.4 Å². The molecule has 49 heavy (non-hydrogen) atoms. The van der Waals surface area contributed by atoms with Crippen LogP contribution in [0, 0.1) is 17.6 Å². The number of piperidine rings is 1. The highest BCUT2D eigenvalue weighted by molar-refractivity contribution is 7.15. The van der Waals surface area contributed by atoms with Crippen LogP contribution in [0.5, 0.6) is 0 Å². The lowest BCUT2D eigenvalue weighted by Crippen LogP contribution is -2.68. The first kappa shape index (κ1) is 31.9. The number of halogens is 2. The molecular weight excluding hydrogens is 655 g/mol. The Balaban J connectivity index is 1.16. The molecule has 6 aromatic rings. The molecule has 4 heterocycles. The molecule has 1 unspecified atom stereocenters. The van der Waals surface area contributed by atoms with Crippen LogP contribution in [-0.4, -0.2) is 39.7 Å². The van der Waals surface area contributed by atoms with Crippen molar-refractivity contribution in [1.82, 2.24) is 24.8 Å². The summed E-state index contributed by atoms with van der Waals surface area (Å²) in [5.74, 6) is 0.151. The number of fused-ring (bicyclic) bond motifs is 2. The largest absolute Gasteiger partial charge is 0.396 e. The van der Waals surface area contributed by atoms with Gasteiger partial charge in [-0.15, -0.1) is 10.2 Å². The predicted molar refractivity (Wildman–Crippen MR) is 192 cm³/mol. The molecular formula is C38H38F2N6OSSi. The van der Waals surface area contributed by atoms with Gasteiger partial charge < -0.3 is 9.33 Å². The summed E-state index contributed by atoms with van der Waals surface area (Å²) >= 11 is 1.48. The van der Waals surface area contributed by atoms with Crippen LogP contribution in [-0.2, 0) is 15.6 Å². The number of benzene rings is 3. The van der Waals surface area contributed by atoms with Crippen molar-refractivity contribution in [2.24, 2.45) is 5.92 Å². The maximum Gasteiger partial charge on any atom is 0.262 e. The second-order valence-electron chi connectivity index (χ2n) is 14.7. The minimum Gasteiger partial charge on any atom is -0.396 e. The first-order chi connectivity index (χ1) is 23.4. The molecule has 0 bridgehead atoms. The highest BCUT2D eigenvalue weighted by Gasteiger charge is 2.64. The van der Waals surface area contributed by atoms with Gasteiger partial charge >= 0.3 is 0 Å². The minimum absolute atomic E-state index is 0.203. The van der Waals surface area contributed by atoms with Crippen LogP contribution >= 0.6 is 11.3 Å². The highest BCUT2D eigenvalue weighted by atomic mass is 32.1. The Labute approximate surface area is 289 Å². The van der Waals surface area contributed by atoms with E-state index in [0.717, 1.165) is 23.4 Å². The molecule has 0 spiro atoms. The van der Waals surface area contributed by atoms with Gasteiger partial charge in [0, 0.05) is 18.3 Å². The first-order valence-electron chi connectivity index (χ1n) is 16.7. The molecule has 1 saturated carbocycles. The third kappa shape index (κ3) is 5.04. The maximum atomic E-state index is 15.1. The zero-order valence-corrected chi connectivity index (χ0v) is 30.0. The standard InChI is InChI=1S/C38H38F2N6OSSi/c1-36(2,3)49(27-12-8-6-9-13-27,28-14-10-7-11-15-28)47-37(4,5)35-44-43-34(48-35)29-24-41-46-21-19-32(42-33(29)46)45-20-18-25-23-38(25,45)30-22-26(39)16-17-31(30)40/h6-17,19,21-22,24-25H,18,20,23H2,1-5H3/t25?,38-/m1/s1. The predicted octanol–water partition coefficient (Wildman–Crippen LogP) is 7.46. The molecule has 2 atom stereocenters. The quantitative estimate of drug-likeness (QED) is 0.154. The normalized spacial score (nSPS) is 19.4. The number of nitrogens with zero attached hydrogens (tertiary/aromatic N) is 6. The zero-order valence-electron chi connectivity index (χ0n) is 28.2. The fraction of sp³-hybridized carbons (Fsp3) is 0.316. The molecule has 2 aliphatic rings. The monoisotopic (exact) mass is 692 g/mol. The molecule has 7 nitrogen and oxygen atoms in total. The minimum atomic E-state index is -2.88. The summed E-state index contributed by atoms with van der Waals surface area (Å²) in [6, 6.07) is 26.8. The van der Waals surface area contributed by atoms with Gasteiger partial charge in [-0.1, -0.05) is 92.8 Å². The fourth-order valence-electron chi connectivity index (χ4n) is 7.91. The molecule has 0 amide bonds. The van der Waals surface area contributed by atoms with Crippen molar-refractivity contribution < 1.29 is 13.2 Å². The Morgan fingerprint density at radius 1 is 0.898 bits per heavy atom. The Morgan fingerprint density at radius 2 is 1.59 bits per heavy atom. The van der Waals surface area contributed by atoms with Crippen LogP contribution in [0.15, 0.2) is 97.3 Å². The van der Waals surface area contributed by atoms with Crippen LogP contribution in [0.2, 0.25) is 5.04 Å². The highest BCUT2D eigenvalue weighted by Crippen LogP contribution is 2.63. The Bertz CT molecular complexity index is 2130. The van der Waals surface area contributed by atoms with Crippen LogP contribution in [0.4, 0.5) is 14.6 Å². The Kier molecular flexibility index (Phi) is 7.40. The third-order valence-corrected chi connectivity index (χ3v) is 16.8. The van der Waals surface area contributed by atoms with Gasteiger partial charge in [-0.05, 0) is 72.3 Å². The summed E-state index contributed by atoms with van der Waals surface area (Å²) in [7, 11) is -2.88. The van der Waals surface area contributed by atoms with Gasteiger partial charge in [0.15, 0.2) is 10.7 Å². The van der Waals surface area contributed by atoms with Crippen LogP contribution < -0.4 is 15.3 Å². The van der Waals surface area contributed by atoms with Crippen LogP contribution in [0.25, 0.3) is 16.2 Å². The van der Waals surface area contributed by atoms with Crippen LogP contribution in [0.3, 0.4) is 0 Å². The summed E-state index contributed by atoms with van der Waals surface area (Å²) in [6.45, 7) is 11.7. The average Bonchev–Trinajstić information content (AvgIpc) is 3.43. The van der Waals surface area contributed by atoms with E-state index in [0.29, 0.717) is 28.6 Å². The number of rotatable bonds is 8. The van der Waals surface area contributed by atoms with E-state index in [4.69, 9.17) is 14.5 Å². The van der Waals surface area contributed by atoms with Crippen molar-refractivity contribution in [1.29, 1.82) is 0 Å². The van der Waals surface area contributed by atoms with E-state index < -0.39 is 25.3 Å². The van der Waals surface area contributed by atoms with Crippen molar-refractivity contribution >= 4 is 41.5 Å². The number of anilines is 1. The number of aromatic nitrogens is 5. The van der Waals surface area contributed by atoms with Crippen molar-refractivity contribution in [3.8, 4) is 10.6 Å². The molecule has 1 aliphatic heterocycles.